The number of nitro benzene ring substituents is 1. The molecular weight excluding hydrogens is 262 g/mol. The smallest absolute Gasteiger partial charge is 0.309 e. The van der Waals surface area contributed by atoms with E-state index in [-0.39, 0.29) is 12.1 Å². The van der Waals surface area contributed by atoms with E-state index in [0.717, 1.165) is 0 Å². The largest absolute Gasteiger partial charge is 0.460 e. The van der Waals surface area contributed by atoms with Crippen LogP contribution in [-0.4, -0.2) is 21.6 Å². The van der Waals surface area contributed by atoms with E-state index < -0.39 is 22.6 Å². The number of rotatable bonds is 4. The Morgan fingerprint density at radius 3 is 2.55 bits per heavy atom. The minimum absolute atomic E-state index is 0.0780. The first-order valence-corrected chi connectivity index (χ1v) is 6.25. The molecule has 0 bridgehead atoms. The fourth-order valence-corrected chi connectivity index (χ4v) is 1.85. The number of ether oxygens (including phenoxy) is 1. The summed E-state index contributed by atoms with van der Waals surface area (Å²) in [5, 5.41) is 20.9. The van der Waals surface area contributed by atoms with Crippen molar-refractivity contribution in [2.75, 3.05) is 0 Å². The van der Waals surface area contributed by atoms with Crippen LogP contribution in [0.3, 0.4) is 0 Å². The summed E-state index contributed by atoms with van der Waals surface area (Å²) in [5.74, 6) is -0.545. The van der Waals surface area contributed by atoms with Gasteiger partial charge in [-0.2, -0.15) is 0 Å². The van der Waals surface area contributed by atoms with Crippen molar-refractivity contribution < 1.29 is 19.6 Å². The van der Waals surface area contributed by atoms with Gasteiger partial charge >= 0.3 is 5.97 Å². The molecule has 20 heavy (non-hydrogen) atoms. The van der Waals surface area contributed by atoms with Gasteiger partial charge in [0.2, 0.25) is 0 Å². The maximum atomic E-state index is 11.7. The van der Waals surface area contributed by atoms with Crippen molar-refractivity contribution in [3.8, 4) is 0 Å². The number of aliphatic hydroxyl groups is 1. The second-order valence-corrected chi connectivity index (χ2v) is 5.55. The molecule has 0 fully saturated rings. The maximum absolute atomic E-state index is 11.7. The van der Waals surface area contributed by atoms with E-state index in [1.165, 1.54) is 12.1 Å². The predicted molar refractivity (Wildman–Crippen MR) is 73.3 cm³/mol. The summed E-state index contributed by atoms with van der Waals surface area (Å²) in [6.45, 7) is 6.74. The van der Waals surface area contributed by atoms with Gasteiger partial charge in [0.15, 0.2) is 0 Å². The fraction of sp³-hybridized carbons (Fsp3) is 0.500. The average molecular weight is 281 g/mol. The Bertz CT molecular complexity index is 519. The highest BCUT2D eigenvalue weighted by molar-refractivity contribution is 5.71. The fourth-order valence-electron chi connectivity index (χ4n) is 1.85. The molecule has 0 amide bonds. The number of hydrogen-bond donors (Lipinski definition) is 1. The number of nitro groups is 1. The van der Waals surface area contributed by atoms with Crippen LogP contribution in [0.4, 0.5) is 5.69 Å². The van der Waals surface area contributed by atoms with Crippen LogP contribution in [0.5, 0.6) is 0 Å². The van der Waals surface area contributed by atoms with Gasteiger partial charge in [-0.1, -0.05) is 12.1 Å². The van der Waals surface area contributed by atoms with E-state index >= 15 is 0 Å². The van der Waals surface area contributed by atoms with E-state index in [4.69, 9.17) is 4.74 Å². The summed E-state index contributed by atoms with van der Waals surface area (Å²) in [4.78, 5) is 22.0. The molecule has 6 heteroatoms. The summed E-state index contributed by atoms with van der Waals surface area (Å²) < 4.78 is 5.11. The molecule has 0 aliphatic rings. The molecule has 1 rings (SSSR count). The Balaban J connectivity index is 2.88. The summed E-state index contributed by atoms with van der Waals surface area (Å²) in [7, 11) is 0. The number of aliphatic hydroxyl groups excluding tert-OH is 1. The standard InChI is InChI=1S/C14H19NO5/c1-9-10(6-5-7-11(9)15(18)19)12(16)8-13(17)20-14(2,3)4/h5-7,12,16H,8H2,1-4H3/t12-/m1/s1. The molecular formula is C14H19NO5. The average Bonchev–Trinajstić information content (AvgIpc) is 2.25. The molecule has 110 valence electrons. The molecule has 0 aliphatic carbocycles. The second kappa shape index (κ2) is 6.00. The van der Waals surface area contributed by atoms with Crippen molar-refractivity contribution in [2.24, 2.45) is 0 Å². The Kier molecular flexibility index (Phi) is 4.83. The minimum atomic E-state index is -1.12. The third-order valence-corrected chi connectivity index (χ3v) is 2.68. The van der Waals surface area contributed by atoms with Crippen molar-refractivity contribution >= 4 is 11.7 Å². The number of benzene rings is 1. The van der Waals surface area contributed by atoms with Gasteiger partial charge in [0.05, 0.1) is 17.4 Å². The number of hydrogen-bond acceptors (Lipinski definition) is 5. The van der Waals surface area contributed by atoms with Crippen LogP contribution in [0.25, 0.3) is 0 Å². The van der Waals surface area contributed by atoms with Crippen molar-refractivity contribution in [3.05, 3.63) is 39.4 Å². The van der Waals surface area contributed by atoms with E-state index in [0.29, 0.717) is 11.1 Å². The predicted octanol–water partition coefficient (Wildman–Crippen LogP) is 2.67. The summed E-state index contributed by atoms with van der Waals surface area (Å²) in [6, 6.07) is 4.41. The van der Waals surface area contributed by atoms with E-state index in [1.54, 1.807) is 33.8 Å². The first-order chi connectivity index (χ1) is 9.11. The molecule has 0 heterocycles. The second-order valence-electron chi connectivity index (χ2n) is 5.55. The van der Waals surface area contributed by atoms with Gasteiger partial charge in [-0.25, -0.2) is 0 Å². The quantitative estimate of drug-likeness (QED) is 0.520. The third kappa shape index (κ3) is 4.31. The van der Waals surface area contributed by atoms with E-state index in [9.17, 15) is 20.0 Å². The van der Waals surface area contributed by atoms with Crippen LogP contribution in [0.1, 0.15) is 44.4 Å². The van der Waals surface area contributed by atoms with Crippen LogP contribution in [0, 0.1) is 17.0 Å². The molecule has 0 saturated carbocycles. The molecule has 1 aromatic carbocycles. The van der Waals surface area contributed by atoms with Crippen LogP contribution >= 0.6 is 0 Å². The molecule has 0 saturated heterocycles. The van der Waals surface area contributed by atoms with Gasteiger partial charge in [0.1, 0.15) is 5.60 Å². The Morgan fingerprint density at radius 2 is 2.05 bits per heavy atom. The maximum Gasteiger partial charge on any atom is 0.309 e. The Hall–Kier alpha value is -1.95. The zero-order valence-electron chi connectivity index (χ0n) is 12.0. The molecule has 0 radical (unpaired) electrons. The summed E-state index contributed by atoms with van der Waals surface area (Å²) >= 11 is 0. The van der Waals surface area contributed by atoms with E-state index in [1.807, 2.05) is 0 Å². The zero-order valence-corrected chi connectivity index (χ0v) is 12.0. The first kappa shape index (κ1) is 16.1. The normalized spacial score (nSPS) is 12.8. The highest BCUT2D eigenvalue weighted by Crippen LogP contribution is 2.28. The Labute approximate surface area is 117 Å². The number of esters is 1. The van der Waals surface area contributed by atoms with Crippen molar-refractivity contribution in [1.29, 1.82) is 0 Å². The lowest BCUT2D eigenvalue weighted by atomic mass is 10.00. The molecule has 0 aliphatic heterocycles. The highest BCUT2D eigenvalue weighted by atomic mass is 16.6. The first-order valence-electron chi connectivity index (χ1n) is 6.25. The van der Waals surface area contributed by atoms with Gasteiger partial charge in [-0.05, 0) is 33.3 Å². The molecule has 1 atom stereocenters. The van der Waals surface area contributed by atoms with Gasteiger partial charge < -0.3 is 9.84 Å². The molecule has 0 aromatic heterocycles. The highest BCUT2D eigenvalue weighted by Gasteiger charge is 2.23. The molecule has 1 N–H and O–H groups in total. The number of carbonyl (C=O) groups is 1. The van der Waals surface area contributed by atoms with Crippen molar-refractivity contribution in [3.63, 3.8) is 0 Å². The molecule has 0 spiro atoms. The SMILES string of the molecule is Cc1c([C@H](O)CC(=O)OC(C)(C)C)cccc1[N+](=O)[O-]. The third-order valence-electron chi connectivity index (χ3n) is 2.68. The van der Waals surface area contributed by atoms with Crippen LogP contribution in [0.15, 0.2) is 18.2 Å². The van der Waals surface area contributed by atoms with Gasteiger partial charge in [-0.15, -0.1) is 0 Å². The summed E-state index contributed by atoms with van der Waals surface area (Å²) in [6.07, 6.45) is -1.36. The minimum Gasteiger partial charge on any atom is -0.460 e. The van der Waals surface area contributed by atoms with Crippen LogP contribution in [-0.2, 0) is 9.53 Å². The molecule has 1 aromatic rings. The lowest BCUT2D eigenvalue weighted by molar-refractivity contribution is -0.385. The van der Waals surface area contributed by atoms with E-state index in [2.05, 4.69) is 0 Å². The van der Waals surface area contributed by atoms with Gasteiger partial charge in [0.25, 0.3) is 5.69 Å². The number of nitrogens with zero attached hydrogens (tertiary/aromatic N) is 1. The number of carbonyl (C=O) groups excluding carboxylic acids is 1. The van der Waals surface area contributed by atoms with Gasteiger partial charge in [-0.3, -0.25) is 14.9 Å². The Morgan fingerprint density at radius 1 is 1.45 bits per heavy atom. The van der Waals surface area contributed by atoms with Crippen molar-refractivity contribution in [1.82, 2.24) is 0 Å². The van der Waals surface area contributed by atoms with Gasteiger partial charge in [0, 0.05) is 11.6 Å². The lowest BCUT2D eigenvalue weighted by Gasteiger charge is -2.21. The molecule has 0 unspecified atom stereocenters. The summed E-state index contributed by atoms with van der Waals surface area (Å²) in [5.41, 5.74) is 0.0125. The van der Waals surface area contributed by atoms with Crippen LogP contribution < -0.4 is 0 Å². The topological polar surface area (TPSA) is 89.7 Å². The van der Waals surface area contributed by atoms with Crippen molar-refractivity contribution in [2.45, 2.75) is 45.8 Å². The monoisotopic (exact) mass is 281 g/mol. The molecule has 6 nitrogen and oxygen atoms in total. The lowest BCUT2D eigenvalue weighted by Crippen LogP contribution is -2.25. The zero-order chi connectivity index (χ0) is 15.5. The van der Waals surface area contributed by atoms with Crippen LogP contribution in [0.2, 0.25) is 0 Å².